The molecule has 0 atom stereocenters. The number of halogens is 2. The molecule has 0 aliphatic rings. The van der Waals surface area contributed by atoms with E-state index in [0.717, 1.165) is 6.26 Å². The van der Waals surface area contributed by atoms with E-state index in [2.05, 4.69) is 25.4 Å². The fraction of sp³-hybridized carbons (Fsp3) is 0.400. The Hall–Kier alpha value is -0.390. The van der Waals surface area contributed by atoms with Gasteiger partial charge < -0.3 is 5.73 Å². The van der Waals surface area contributed by atoms with Crippen LogP contribution >= 0.6 is 27.5 Å². The summed E-state index contributed by atoms with van der Waals surface area (Å²) in [6.45, 7) is 0.212. The zero-order valence-electron chi connectivity index (χ0n) is 11.1. The van der Waals surface area contributed by atoms with Crippen molar-refractivity contribution in [3.8, 4) is 0 Å². The topological polar surface area (TPSA) is 118 Å². The van der Waals surface area contributed by atoms with Gasteiger partial charge in [0.25, 0.3) is 0 Å². The number of nitrogen functional groups attached to an aromatic ring is 1. The fourth-order valence-corrected chi connectivity index (χ4v) is 4.29. The van der Waals surface area contributed by atoms with Gasteiger partial charge in [0.15, 0.2) is 0 Å². The summed E-state index contributed by atoms with van der Waals surface area (Å²) in [5, 5.41) is 0.204. The van der Waals surface area contributed by atoms with E-state index in [1.165, 1.54) is 12.1 Å². The maximum absolute atomic E-state index is 12.1. The monoisotopic (exact) mass is 419 g/mol. The Morgan fingerprint density at radius 2 is 1.76 bits per heavy atom. The third kappa shape index (κ3) is 6.09. The van der Waals surface area contributed by atoms with Crippen LogP contribution in [-0.2, 0) is 20.0 Å². The molecule has 1 rings (SSSR count). The van der Waals surface area contributed by atoms with Crippen molar-refractivity contribution < 1.29 is 16.8 Å². The molecular formula is C10H15BrClN3O4S2. The van der Waals surface area contributed by atoms with Crippen LogP contribution in [0.5, 0.6) is 0 Å². The van der Waals surface area contributed by atoms with Crippen LogP contribution in [-0.4, -0.2) is 36.2 Å². The first-order chi connectivity index (χ1) is 9.53. The molecule has 0 heterocycles. The Morgan fingerprint density at radius 3 is 2.33 bits per heavy atom. The molecule has 0 amide bonds. The highest BCUT2D eigenvalue weighted by Crippen LogP contribution is 2.31. The van der Waals surface area contributed by atoms with Crippen molar-refractivity contribution in [3.63, 3.8) is 0 Å². The highest BCUT2D eigenvalue weighted by molar-refractivity contribution is 9.10. The van der Waals surface area contributed by atoms with Crippen LogP contribution in [0.3, 0.4) is 0 Å². The first kappa shape index (κ1) is 18.7. The summed E-state index contributed by atoms with van der Waals surface area (Å²) in [5.41, 5.74) is 5.85. The van der Waals surface area contributed by atoms with Gasteiger partial charge in [0.2, 0.25) is 20.0 Å². The van der Waals surface area contributed by atoms with Crippen LogP contribution in [0.2, 0.25) is 5.02 Å². The molecule has 21 heavy (non-hydrogen) atoms. The molecule has 0 fully saturated rings. The normalized spacial score (nSPS) is 12.5. The standard InChI is InChI=1S/C10H15BrClN3O4S2/c1-20(16,17)14-3-2-4-15-21(18,19)9-6-7(12)5-8(13)10(9)11/h5-6,14-15H,2-4,13H2,1H3. The van der Waals surface area contributed by atoms with E-state index in [0.29, 0.717) is 6.42 Å². The molecule has 120 valence electrons. The first-order valence-electron chi connectivity index (χ1n) is 5.72. The lowest BCUT2D eigenvalue weighted by Gasteiger charge is -2.10. The first-order valence-corrected chi connectivity index (χ1v) is 10.3. The van der Waals surface area contributed by atoms with Crippen LogP contribution in [0, 0.1) is 0 Å². The number of nitrogens with one attached hydrogen (secondary N) is 2. The summed E-state index contributed by atoms with van der Waals surface area (Å²) in [7, 11) is -7.07. The van der Waals surface area contributed by atoms with Gasteiger partial charge in [-0.15, -0.1) is 0 Å². The highest BCUT2D eigenvalue weighted by Gasteiger charge is 2.19. The minimum Gasteiger partial charge on any atom is -0.398 e. The summed E-state index contributed by atoms with van der Waals surface area (Å²) in [5.74, 6) is 0. The quantitative estimate of drug-likeness (QED) is 0.447. The molecule has 0 radical (unpaired) electrons. The second-order valence-corrected chi connectivity index (χ2v) is 9.02. The predicted octanol–water partition coefficient (Wildman–Crippen LogP) is 0.902. The van der Waals surface area contributed by atoms with E-state index < -0.39 is 20.0 Å². The Morgan fingerprint density at radius 1 is 1.19 bits per heavy atom. The highest BCUT2D eigenvalue weighted by atomic mass is 79.9. The molecular weight excluding hydrogens is 406 g/mol. The van der Waals surface area contributed by atoms with Crippen molar-refractivity contribution in [2.45, 2.75) is 11.3 Å². The van der Waals surface area contributed by atoms with Gasteiger partial charge in [0.05, 0.1) is 15.6 Å². The van der Waals surface area contributed by atoms with Crippen molar-refractivity contribution in [2.24, 2.45) is 0 Å². The lowest BCUT2D eigenvalue weighted by Crippen LogP contribution is -2.29. The minimum atomic E-state index is -3.79. The van der Waals surface area contributed by atoms with E-state index in [1.54, 1.807) is 0 Å². The number of sulfonamides is 2. The molecule has 4 N–H and O–H groups in total. The van der Waals surface area contributed by atoms with E-state index in [4.69, 9.17) is 17.3 Å². The van der Waals surface area contributed by atoms with Gasteiger partial charge in [-0.1, -0.05) is 11.6 Å². The lowest BCUT2D eigenvalue weighted by molar-refractivity contribution is 0.574. The molecule has 1 aromatic carbocycles. The molecule has 0 saturated heterocycles. The zero-order chi connectivity index (χ0) is 16.3. The van der Waals surface area contributed by atoms with Gasteiger partial charge in [-0.2, -0.15) is 0 Å². The van der Waals surface area contributed by atoms with E-state index in [9.17, 15) is 16.8 Å². The summed E-state index contributed by atoms with van der Waals surface area (Å²) in [6, 6.07) is 2.71. The third-order valence-electron chi connectivity index (χ3n) is 2.33. The second-order valence-electron chi connectivity index (χ2n) is 4.22. The largest absolute Gasteiger partial charge is 0.398 e. The lowest BCUT2D eigenvalue weighted by atomic mass is 10.3. The van der Waals surface area contributed by atoms with Crippen LogP contribution in [0.4, 0.5) is 5.69 Å². The molecule has 1 aromatic rings. The Kier molecular flexibility index (Phi) is 6.44. The molecule has 0 aliphatic heterocycles. The summed E-state index contributed by atoms with van der Waals surface area (Å²) in [6.07, 6.45) is 1.34. The number of benzene rings is 1. The van der Waals surface area contributed by atoms with Crippen LogP contribution in [0.25, 0.3) is 0 Å². The van der Waals surface area contributed by atoms with Crippen molar-refractivity contribution >= 4 is 53.3 Å². The average Bonchev–Trinajstić information content (AvgIpc) is 2.31. The van der Waals surface area contributed by atoms with Gasteiger partial charge in [-0.25, -0.2) is 26.3 Å². The van der Waals surface area contributed by atoms with Gasteiger partial charge in [0.1, 0.15) is 0 Å². The Labute approximate surface area is 137 Å². The fourth-order valence-electron chi connectivity index (χ4n) is 1.41. The maximum Gasteiger partial charge on any atom is 0.241 e. The molecule has 7 nitrogen and oxygen atoms in total. The number of rotatable bonds is 7. The molecule has 11 heteroatoms. The Bertz CT molecular complexity index is 722. The van der Waals surface area contributed by atoms with Crippen molar-refractivity contribution in [1.82, 2.24) is 9.44 Å². The molecule has 0 aliphatic carbocycles. The number of anilines is 1. The summed E-state index contributed by atoms with van der Waals surface area (Å²) in [4.78, 5) is -0.0661. The second kappa shape index (κ2) is 7.25. The Balaban J connectivity index is 2.71. The van der Waals surface area contributed by atoms with Crippen molar-refractivity contribution in [2.75, 3.05) is 25.1 Å². The molecule has 0 bridgehead atoms. The van der Waals surface area contributed by atoms with Crippen LogP contribution < -0.4 is 15.2 Å². The number of hydrogen-bond donors (Lipinski definition) is 3. The third-order valence-corrected chi connectivity index (χ3v) is 5.91. The average molecular weight is 421 g/mol. The number of nitrogens with two attached hydrogens (primary N) is 1. The predicted molar refractivity (Wildman–Crippen MR) is 86.2 cm³/mol. The van der Waals surface area contributed by atoms with E-state index in [1.807, 2.05) is 0 Å². The van der Waals surface area contributed by atoms with Crippen molar-refractivity contribution in [3.05, 3.63) is 21.6 Å². The minimum absolute atomic E-state index is 0.0661. The van der Waals surface area contributed by atoms with Gasteiger partial charge >= 0.3 is 0 Å². The van der Waals surface area contributed by atoms with Crippen LogP contribution in [0.15, 0.2) is 21.5 Å². The molecule has 0 spiro atoms. The van der Waals surface area contributed by atoms with Crippen molar-refractivity contribution in [1.29, 1.82) is 0 Å². The van der Waals surface area contributed by atoms with E-state index in [-0.39, 0.29) is 33.2 Å². The van der Waals surface area contributed by atoms with Gasteiger partial charge in [-0.3, -0.25) is 0 Å². The zero-order valence-corrected chi connectivity index (χ0v) is 15.0. The molecule has 0 aromatic heterocycles. The van der Waals surface area contributed by atoms with E-state index >= 15 is 0 Å². The molecule has 0 unspecified atom stereocenters. The number of hydrogen-bond acceptors (Lipinski definition) is 5. The summed E-state index contributed by atoms with van der Waals surface area (Å²) >= 11 is 8.90. The summed E-state index contributed by atoms with van der Waals surface area (Å²) < 4.78 is 50.8. The molecule has 0 saturated carbocycles. The van der Waals surface area contributed by atoms with Crippen LogP contribution in [0.1, 0.15) is 6.42 Å². The maximum atomic E-state index is 12.1. The van der Waals surface area contributed by atoms with Gasteiger partial charge in [0, 0.05) is 23.8 Å². The smallest absolute Gasteiger partial charge is 0.241 e. The SMILES string of the molecule is CS(=O)(=O)NCCCNS(=O)(=O)c1cc(Cl)cc(N)c1Br. The van der Waals surface area contributed by atoms with Gasteiger partial charge in [-0.05, 0) is 34.5 Å².